The zero-order chi connectivity index (χ0) is 9.68. The first-order valence-electron chi connectivity index (χ1n) is 3.89. The van der Waals surface area contributed by atoms with Crippen LogP contribution in [0.5, 0.6) is 0 Å². The van der Waals surface area contributed by atoms with Gasteiger partial charge < -0.3 is 4.74 Å². The van der Waals surface area contributed by atoms with Gasteiger partial charge in [-0.3, -0.25) is 9.59 Å². The predicted octanol–water partition coefficient (Wildman–Crippen LogP) is 1.80. The molecule has 13 heavy (non-hydrogen) atoms. The van der Waals surface area contributed by atoms with Gasteiger partial charge in [0.25, 0.3) is 6.47 Å². The molecule has 0 saturated carbocycles. The zero-order valence-electron chi connectivity index (χ0n) is 7.28. The third-order valence-electron chi connectivity index (χ3n) is 1.53. The summed E-state index contributed by atoms with van der Waals surface area (Å²) in [6.45, 7) is 2.47. The fourth-order valence-corrected chi connectivity index (χ4v) is 1.74. The van der Waals surface area contributed by atoms with Gasteiger partial charge in [-0.2, -0.15) is 0 Å². The second-order valence-corrected chi connectivity index (χ2v) is 3.84. The molecular weight excluding hydrogens is 188 g/mol. The highest BCUT2D eigenvalue weighted by Crippen LogP contribution is 2.16. The van der Waals surface area contributed by atoms with E-state index in [9.17, 15) is 9.59 Å². The number of hydrogen-bond donors (Lipinski definition) is 0. The van der Waals surface area contributed by atoms with E-state index in [0.29, 0.717) is 6.47 Å². The first kappa shape index (κ1) is 9.92. The van der Waals surface area contributed by atoms with Crippen molar-refractivity contribution in [2.75, 3.05) is 6.61 Å². The molecule has 70 valence electrons. The molecule has 4 heteroatoms. The fraction of sp³-hybridized carbons (Fsp3) is 0.333. The minimum absolute atomic E-state index is 0.0277. The third-order valence-corrected chi connectivity index (χ3v) is 2.57. The van der Waals surface area contributed by atoms with E-state index in [-0.39, 0.29) is 18.8 Å². The first-order valence-corrected chi connectivity index (χ1v) is 4.70. The molecule has 0 aliphatic carbocycles. The van der Waals surface area contributed by atoms with Crippen LogP contribution in [0.15, 0.2) is 12.1 Å². The van der Waals surface area contributed by atoms with Crippen LogP contribution in [0.25, 0.3) is 0 Å². The highest BCUT2D eigenvalue weighted by atomic mass is 32.1. The van der Waals surface area contributed by atoms with Crippen molar-refractivity contribution in [1.29, 1.82) is 0 Å². The van der Waals surface area contributed by atoms with Gasteiger partial charge in [0.15, 0.2) is 5.78 Å². The molecule has 1 aromatic rings. The number of ketones is 1. The highest BCUT2D eigenvalue weighted by Gasteiger charge is 2.07. The Balaban J connectivity index is 2.44. The number of aryl methyl sites for hydroxylation is 1. The lowest BCUT2D eigenvalue weighted by Gasteiger charge is -1.95. The molecular formula is C9H10O3S. The van der Waals surface area contributed by atoms with Gasteiger partial charge in [0, 0.05) is 11.3 Å². The Morgan fingerprint density at radius 2 is 2.38 bits per heavy atom. The van der Waals surface area contributed by atoms with Crippen molar-refractivity contribution >= 4 is 23.6 Å². The van der Waals surface area contributed by atoms with Crippen molar-refractivity contribution < 1.29 is 14.3 Å². The molecule has 1 rings (SSSR count). The number of hydrogen-bond acceptors (Lipinski definition) is 4. The number of carbonyl (C=O) groups is 2. The highest BCUT2D eigenvalue weighted by molar-refractivity contribution is 7.14. The lowest BCUT2D eigenvalue weighted by atomic mass is 10.2. The number of thiophene rings is 1. The second-order valence-electron chi connectivity index (χ2n) is 2.55. The van der Waals surface area contributed by atoms with E-state index in [1.807, 2.05) is 13.0 Å². The zero-order valence-corrected chi connectivity index (χ0v) is 8.10. The van der Waals surface area contributed by atoms with Crippen LogP contribution in [0.3, 0.4) is 0 Å². The molecule has 0 unspecified atom stereocenters. The van der Waals surface area contributed by atoms with Crippen LogP contribution in [0, 0.1) is 6.92 Å². The average molecular weight is 198 g/mol. The summed E-state index contributed by atoms with van der Waals surface area (Å²) in [4.78, 5) is 23.0. The number of carbonyl (C=O) groups excluding carboxylic acids is 2. The number of ether oxygens (including phenoxy) is 1. The predicted molar refractivity (Wildman–Crippen MR) is 50.0 cm³/mol. The summed E-state index contributed by atoms with van der Waals surface area (Å²) in [5, 5.41) is 0. The largest absolute Gasteiger partial charge is 0.467 e. The first-order chi connectivity index (χ1) is 6.24. The minimum Gasteiger partial charge on any atom is -0.467 e. The quantitative estimate of drug-likeness (QED) is 0.411. The smallest absolute Gasteiger partial charge is 0.293 e. The molecule has 0 N–H and O–H groups in total. The summed E-state index contributed by atoms with van der Waals surface area (Å²) in [6.07, 6.45) is 0.263. The molecule has 0 saturated heterocycles. The van der Waals surface area contributed by atoms with Gasteiger partial charge in [0.05, 0.1) is 11.5 Å². The number of rotatable bonds is 5. The maximum atomic E-state index is 11.3. The molecule has 0 atom stereocenters. The molecule has 0 spiro atoms. The van der Waals surface area contributed by atoms with Crippen LogP contribution in [0.4, 0.5) is 0 Å². The van der Waals surface area contributed by atoms with Crippen molar-refractivity contribution in [3.63, 3.8) is 0 Å². The molecule has 3 nitrogen and oxygen atoms in total. The Labute approximate surface area is 80.3 Å². The molecule has 0 aliphatic rings. The van der Waals surface area contributed by atoms with Gasteiger partial charge in [-0.05, 0) is 19.1 Å². The monoisotopic (exact) mass is 198 g/mol. The second kappa shape index (κ2) is 4.77. The van der Waals surface area contributed by atoms with Crippen molar-refractivity contribution in [2.24, 2.45) is 0 Å². The van der Waals surface area contributed by atoms with E-state index in [1.165, 1.54) is 11.3 Å². The molecule has 0 amide bonds. The molecule has 0 aromatic carbocycles. The van der Waals surface area contributed by atoms with Crippen LogP contribution < -0.4 is 0 Å². The third kappa shape index (κ3) is 2.99. The maximum absolute atomic E-state index is 11.3. The minimum atomic E-state index is 0.0277. The van der Waals surface area contributed by atoms with E-state index >= 15 is 0 Å². The van der Waals surface area contributed by atoms with Crippen molar-refractivity contribution in [3.05, 3.63) is 21.9 Å². The Morgan fingerprint density at radius 1 is 1.62 bits per heavy atom. The van der Waals surface area contributed by atoms with Crippen LogP contribution >= 0.6 is 11.3 Å². The van der Waals surface area contributed by atoms with E-state index < -0.39 is 0 Å². The molecule has 1 aromatic heterocycles. The normalized spacial score (nSPS) is 9.62. The average Bonchev–Trinajstić information content (AvgIpc) is 2.52. The van der Waals surface area contributed by atoms with Crippen molar-refractivity contribution in [1.82, 2.24) is 0 Å². The van der Waals surface area contributed by atoms with Crippen LogP contribution in [0.2, 0.25) is 0 Å². The Morgan fingerprint density at radius 3 is 2.92 bits per heavy atom. The molecule has 0 bridgehead atoms. The molecule has 1 heterocycles. The van der Waals surface area contributed by atoms with Gasteiger partial charge in [0.1, 0.15) is 0 Å². The van der Waals surface area contributed by atoms with Crippen molar-refractivity contribution in [2.45, 2.75) is 13.3 Å². The molecule has 0 radical (unpaired) electrons. The van der Waals surface area contributed by atoms with Crippen LogP contribution in [-0.2, 0) is 9.53 Å². The van der Waals surface area contributed by atoms with Gasteiger partial charge in [-0.15, -0.1) is 11.3 Å². The SMILES string of the molecule is Cc1ccc(C(=O)CCOC=O)s1. The maximum Gasteiger partial charge on any atom is 0.293 e. The Kier molecular flexibility index (Phi) is 3.64. The van der Waals surface area contributed by atoms with Gasteiger partial charge in [0.2, 0.25) is 0 Å². The van der Waals surface area contributed by atoms with E-state index in [1.54, 1.807) is 6.07 Å². The topological polar surface area (TPSA) is 43.4 Å². The summed E-state index contributed by atoms with van der Waals surface area (Å²) in [7, 11) is 0. The van der Waals surface area contributed by atoms with Crippen molar-refractivity contribution in [3.8, 4) is 0 Å². The lowest BCUT2D eigenvalue weighted by molar-refractivity contribution is -0.128. The van der Waals surface area contributed by atoms with Gasteiger partial charge in [-0.1, -0.05) is 0 Å². The summed E-state index contributed by atoms with van der Waals surface area (Å²) in [5.41, 5.74) is 0. The van der Waals surface area contributed by atoms with Crippen LogP contribution in [0.1, 0.15) is 21.0 Å². The fourth-order valence-electron chi connectivity index (χ4n) is 0.907. The standard InChI is InChI=1S/C9H10O3S/c1-7-2-3-9(13-7)8(11)4-5-12-6-10/h2-3,6H,4-5H2,1H3. The van der Waals surface area contributed by atoms with Gasteiger partial charge >= 0.3 is 0 Å². The summed E-state index contributed by atoms with van der Waals surface area (Å²) in [5.74, 6) is 0.0277. The lowest BCUT2D eigenvalue weighted by Crippen LogP contribution is -2.01. The van der Waals surface area contributed by atoms with E-state index in [4.69, 9.17) is 0 Å². The molecule has 0 aliphatic heterocycles. The Bertz CT molecular complexity index is 304. The summed E-state index contributed by atoms with van der Waals surface area (Å²) in [6, 6.07) is 3.70. The van der Waals surface area contributed by atoms with Gasteiger partial charge in [-0.25, -0.2) is 0 Å². The van der Waals surface area contributed by atoms with Crippen LogP contribution in [-0.4, -0.2) is 18.9 Å². The summed E-state index contributed by atoms with van der Waals surface area (Å²) < 4.78 is 4.44. The Hall–Kier alpha value is -1.16. The van der Waals surface area contributed by atoms with E-state index in [2.05, 4.69) is 4.74 Å². The van der Waals surface area contributed by atoms with E-state index in [0.717, 1.165) is 9.75 Å². The number of Topliss-reactive ketones (excluding diaryl/α,β-unsaturated/α-hetero) is 1. The molecule has 0 fully saturated rings. The summed E-state index contributed by atoms with van der Waals surface area (Å²) >= 11 is 1.46.